The number of phenols is 1. The van der Waals surface area contributed by atoms with Crippen molar-refractivity contribution in [1.82, 2.24) is 5.32 Å². The van der Waals surface area contributed by atoms with Crippen molar-refractivity contribution in [2.24, 2.45) is 0 Å². The molecular formula is C14H16FNOS. The highest BCUT2D eigenvalue weighted by Crippen LogP contribution is 2.22. The molecular weight excluding hydrogens is 249 g/mol. The average Bonchev–Trinajstić information content (AvgIpc) is 2.82. The third-order valence-corrected chi connectivity index (χ3v) is 3.78. The molecule has 1 heterocycles. The molecule has 1 unspecified atom stereocenters. The summed E-state index contributed by atoms with van der Waals surface area (Å²) in [6.45, 7) is 2.65. The summed E-state index contributed by atoms with van der Waals surface area (Å²) >= 11 is 1.71. The van der Waals surface area contributed by atoms with Crippen molar-refractivity contribution in [2.45, 2.75) is 25.9 Å². The average molecular weight is 265 g/mol. The van der Waals surface area contributed by atoms with Gasteiger partial charge in [0.1, 0.15) is 11.6 Å². The van der Waals surface area contributed by atoms with Crippen LogP contribution >= 0.6 is 11.3 Å². The van der Waals surface area contributed by atoms with Gasteiger partial charge in [0.05, 0.1) is 0 Å². The number of phenolic OH excluding ortho intramolecular Hbond substituents is 1. The minimum Gasteiger partial charge on any atom is -0.508 e. The molecule has 2 aromatic rings. The maximum atomic E-state index is 13.1. The number of rotatable bonds is 5. The smallest absolute Gasteiger partial charge is 0.127 e. The van der Waals surface area contributed by atoms with Gasteiger partial charge in [0, 0.05) is 23.5 Å². The van der Waals surface area contributed by atoms with E-state index in [0.717, 1.165) is 18.1 Å². The molecule has 18 heavy (non-hydrogen) atoms. The van der Waals surface area contributed by atoms with Crippen molar-refractivity contribution < 1.29 is 9.50 Å². The summed E-state index contributed by atoms with van der Waals surface area (Å²) in [5.41, 5.74) is 0.752. The van der Waals surface area contributed by atoms with Gasteiger partial charge in [-0.2, -0.15) is 0 Å². The van der Waals surface area contributed by atoms with Crippen LogP contribution in [-0.4, -0.2) is 5.11 Å². The lowest BCUT2D eigenvalue weighted by Crippen LogP contribution is -2.19. The highest BCUT2D eigenvalue weighted by Gasteiger charge is 2.09. The van der Waals surface area contributed by atoms with Crippen LogP contribution in [0.15, 0.2) is 35.7 Å². The van der Waals surface area contributed by atoms with E-state index in [2.05, 4.69) is 18.3 Å². The van der Waals surface area contributed by atoms with Crippen LogP contribution < -0.4 is 5.32 Å². The second-order valence-electron chi connectivity index (χ2n) is 4.17. The van der Waals surface area contributed by atoms with Gasteiger partial charge in [-0.15, -0.1) is 11.3 Å². The number of halogens is 1. The lowest BCUT2D eigenvalue weighted by atomic mass is 10.1. The Morgan fingerprint density at radius 2 is 2.22 bits per heavy atom. The van der Waals surface area contributed by atoms with Gasteiger partial charge in [-0.05, 0) is 35.6 Å². The molecule has 0 radical (unpaired) electrons. The summed E-state index contributed by atoms with van der Waals surface area (Å²) in [4.78, 5) is 1.28. The van der Waals surface area contributed by atoms with Crippen molar-refractivity contribution in [3.05, 3.63) is 52.0 Å². The van der Waals surface area contributed by atoms with Crippen molar-refractivity contribution in [3.8, 4) is 5.75 Å². The SMILES string of the molecule is CCC(NCc1cc(O)cc(F)c1)c1cccs1. The molecule has 0 aliphatic carbocycles. The number of aromatic hydroxyl groups is 1. The van der Waals surface area contributed by atoms with Crippen molar-refractivity contribution in [2.75, 3.05) is 0 Å². The molecule has 1 atom stereocenters. The molecule has 0 bridgehead atoms. The van der Waals surface area contributed by atoms with Crippen LogP contribution in [0, 0.1) is 5.82 Å². The molecule has 0 aliphatic rings. The van der Waals surface area contributed by atoms with Gasteiger partial charge in [0.2, 0.25) is 0 Å². The minimum absolute atomic E-state index is 0.0315. The molecule has 0 spiro atoms. The zero-order chi connectivity index (χ0) is 13.0. The lowest BCUT2D eigenvalue weighted by molar-refractivity contribution is 0.465. The first-order chi connectivity index (χ1) is 8.69. The standard InChI is InChI=1S/C14H16FNOS/c1-2-13(14-4-3-5-18-14)16-9-10-6-11(15)8-12(17)7-10/h3-8,13,16-17H,2,9H2,1H3. The van der Waals surface area contributed by atoms with E-state index in [9.17, 15) is 9.50 Å². The Labute approximate surface area is 110 Å². The van der Waals surface area contributed by atoms with Crippen LogP contribution in [0.1, 0.15) is 29.8 Å². The molecule has 0 saturated heterocycles. The first-order valence-electron chi connectivity index (χ1n) is 5.94. The first kappa shape index (κ1) is 13.1. The molecule has 0 fully saturated rings. The molecule has 0 amide bonds. The maximum Gasteiger partial charge on any atom is 0.127 e. The maximum absolute atomic E-state index is 13.1. The Hall–Kier alpha value is -1.39. The summed E-state index contributed by atoms with van der Waals surface area (Å²) in [6.07, 6.45) is 0.974. The van der Waals surface area contributed by atoms with E-state index in [1.807, 2.05) is 11.4 Å². The van der Waals surface area contributed by atoms with Crippen LogP contribution in [0.2, 0.25) is 0 Å². The van der Waals surface area contributed by atoms with Crippen LogP contribution in [0.25, 0.3) is 0 Å². The van der Waals surface area contributed by atoms with Crippen molar-refractivity contribution >= 4 is 11.3 Å². The monoisotopic (exact) mass is 265 g/mol. The highest BCUT2D eigenvalue weighted by molar-refractivity contribution is 7.10. The summed E-state index contributed by atoms with van der Waals surface area (Å²) in [7, 11) is 0. The van der Waals surface area contributed by atoms with E-state index in [1.54, 1.807) is 17.4 Å². The van der Waals surface area contributed by atoms with Crippen LogP contribution in [-0.2, 0) is 6.54 Å². The summed E-state index contributed by atoms with van der Waals surface area (Å²) in [6, 6.07) is 8.52. The Kier molecular flexibility index (Phi) is 4.33. The van der Waals surface area contributed by atoms with E-state index in [4.69, 9.17) is 0 Å². The molecule has 0 saturated carbocycles. The zero-order valence-corrected chi connectivity index (χ0v) is 11.0. The predicted octanol–water partition coefficient (Wildman–Crippen LogP) is 3.83. The van der Waals surface area contributed by atoms with Gasteiger partial charge in [-0.25, -0.2) is 4.39 Å². The molecule has 96 valence electrons. The Morgan fingerprint density at radius 3 is 2.83 bits per heavy atom. The van der Waals surface area contributed by atoms with Gasteiger partial charge in [0.25, 0.3) is 0 Å². The van der Waals surface area contributed by atoms with E-state index < -0.39 is 5.82 Å². The van der Waals surface area contributed by atoms with Crippen LogP contribution in [0.4, 0.5) is 4.39 Å². The molecule has 4 heteroatoms. The fourth-order valence-electron chi connectivity index (χ4n) is 1.91. The third kappa shape index (κ3) is 3.31. The van der Waals surface area contributed by atoms with Gasteiger partial charge in [0.15, 0.2) is 0 Å². The zero-order valence-electron chi connectivity index (χ0n) is 10.2. The van der Waals surface area contributed by atoms with Gasteiger partial charge < -0.3 is 10.4 Å². The van der Waals surface area contributed by atoms with Gasteiger partial charge in [-0.3, -0.25) is 0 Å². The molecule has 2 rings (SSSR count). The Morgan fingerprint density at radius 1 is 1.39 bits per heavy atom. The lowest BCUT2D eigenvalue weighted by Gasteiger charge is -2.15. The van der Waals surface area contributed by atoms with E-state index in [-0.39, 0.29) is 11.8 Å². The number of nitrogens with one attached hydrogen (secondary N) is 1. The first-order valence-corrected chi connectivity index (χ1v) is 6.82. The highest BCUT2D eigenvalue weighted by atomic mass is 32.1. The largest absolute Gasteiger partial charge is 0.508 e. The molecule has 0 aliphatic heterocycles. The Balaban J connectivity index is 2.01. The van der Waals surface area contributed by atoms with Crippen molar-refractivity contribution in [3.63, 3.8) is 0 Å². The summed E-state index contributed by atoms with van der Waals surface area (Å²) < 4.78 is 13.1. The Bertz CT molecular complexity index is 478. The second-order valence-corrected chi connectivity index (χ2v) is 5.15. The number of benzene rings is 1. The minimum atomic E-state index is -0.407. The predicted molar refractivity (Wildman–Crippen MR) is 72.3 cm³/mol. The van der Waals surface area contributed by atoms with Gasteiger partial charge in [-0.1, -0.05) is 13.0 Å². The number of thiophene rings is 1. The number of hydrogen-bond acceptors (Lipinski definition) is 3. The summed E-state index contributed by atoms with van der Waals surface area (Å²) in [5, 5.41) is 14.8. The summed E-state index contributed by atoms with van der Waals surface area (Å²) in [5.74, 6) is -0.438. The van der Waals surface area contributed by atoms with Gasteiger partial charge >= 0.3 is 0 Å². The topological polar surface area (TPSA) is 32.3 Å². The number of hydrogen-bond donors (Lipinski definition) is 2. The third-order valence-electron chi connectivity index (χ3n) is 2.79. The fourth-order valence-corrected chi connectivity index (χ4v) is 2.80. The molecule has 2 nitrogen and oxygen atoms in total. The van der Waals surface area contributed by atoms with E-state index in [0.29, 0.717) is 6.54 Å². The van der Waals surface area contributed by atoms with Crippen molar-refractivity contribution in [1.29, 1.82) is 0 Å². The van der Waals surface area contributed by atoms with E-state index >= 15 is 0 Å². The fraction of sp³-hybridized carbons (Fsp3) is 0.286. The normalized spacial score (nSPS) is 12.6. The van der Waals surface area contributed by atoms with E-state index in [1.165, 1.54) is 10.9 Å². The molecule has 1 aromatic heterocycles. The van der Waals surface area contributed by atoms with Crippen LogP contribution in [0.5, 0.6) is 5.75 Å². The molecule has 2 N–H and O–H groups in total. The quantitative estimate of drug-likeness (QED) is 0.861. The second kappa shape index (κ2) is 5.98. The van der Waals surface area contributed by atoms with Crippen LogP contribution in [0.3, 0.4) is 0 Å². The molecule has 1 aromatic carbocycles.